The highest BCUT2D eigenvalue weighted by Crippen LogP contribution is 2.45. The van der Waals surface area contributed by atoms with Gasteiger partial charge in [0, 0.05) is 16.6 Å². The lowest BCUT2D eigenvalue weighted by Crippen LogP contribution is -2.05. The molecule has 4 rings (SSSR count). The second-order valence-electron chi connectivity index (χ2n) is 5.91. The van der Waals surface area contributed by atoms with Gasteiger partial charge in [0.15, 0.2) is 0 Å². The van der Waals surface area contributed by atoms with Gasteiger partial charge in [0.2, 0.25) is 0 Å². The maximum Gasteiger partial charge on any atom is 0.0795 e. The van der Waals surface area contributed by atoms with Gasteiger partial charge in [-0.05, 0) is 27.8 Å². The van der Waals surface area contributed by atoms with Gasteiger partial charge < -0.3 is 22.9 Å². The lowest BCUT2D eigenvalue weighted by atomic mass is 9.90. The summed E-state index contributed by atoms with van der Waals surface area (Å²) in [4.78, 5) is 0. The summed E-state index contributed by atoms with van der Waals surface area (Å²) in [6.07, 6.45) is 0. The van der Waals surface area contributed by atoms with Crippen molar-refractivity contribution in [1.82, 2.24) is 0 Å². The molecule has 0 spiro atoms. The van der Waals surface area contributed by atoms with Crippen LogP contribution < -0.4 is 22.9 Å². The minimum Gasteiger partial charge on any atom is -0.398 e. The van der Waals surface area contributed by atoms with Crippen molar-refractivity contribution in [3.8, 4) is 11.1 Å². The van der Waals surface area contributed by atoms with Crippen LogP contribution in [-0.4, -0.2) is 0 Å². The molecule has 0 atom stereocenters. The SMILES string of the molecule is Nc1c(N)c(N)c2c(N)cccc2c1-c1cccc2ccccc12. The van der Waals surface area contributed by atoms with E-state index in [0.29, 0.717) is 22.7 Å². The lowest BCUT2D eigenvalue weighted by molar-refractivity contribution is 1.65. The van der Waals surface area contributed by atoms with Gasteiger partial charge in [-0.1, -0.05) is 54.6 Å². The normalized spacial score (nSPS) is 11.2. The topological polar surface area (TPSA) is 104 Å². The molecule has 4 aromatic carbocycles. The summed E-state index contributed by atoms with van der Waals surface area (Å²) in [5, 5.41) is 3.92. The van der Waals surface area contributed by atoms with E-state index in [9.17, 15) is 0 Å². The quantitative estimate of drug-likeness (QED) is 0.399. The Morgan fingerprint density at radius 3 is 2.04 bits per heavy atom. The van der Waals surface area contributed by atoms with Crippen molar-refractivity contribution in [1.29, 1.82) is 0 Å². The number of hydrogen-bond acceptors (Lipinski definition) is 4. The zero-order chi connectivity index (χ0) is 16.8. The highest BCUT2D eigenvalue weighted by molar-refractivity contribution is 6.19. The van der Waals surface area contributed by atoms with Crippen LogP contribution in [0.2, 0.25) is 0 Å². The van der Waals surface area contributed by atoms with Gasteiger partial charge in [-0.2, -0.15) is 0 Å². The largest absolute Gasteiger partial charge is 0.398 e. The first kappa shape index (κ1) is 14.2. The monoisotopic (exact) mass is 314 g/mol. The lowest BCUT2D eigenvalue weighted by Gasteiger charge is -2.18. The van der Waals surface area contributed by atoms with Crippen molar-refractivity contribution in [3.63, 3.8) is 0 Å². The molecule has 4 aromatic rings. The summed E-state index contributed by atoms with van der Waals surface area (Å²) in [6.45, 7) is 0. The van der Waals surface area contributed by atoms with Crippen molar-refractivity contribution in [2.45, 2.75) is 0 Å². The molecule has 118 valence electrons. The first-order valence-corrected chi connectivity index (χ1v) is 7.72. The summed E-state index contributed by atoms with van der Waals surface area (Å²) in [5.41, 5.74) is 28.7. The molecule has 4 heteroatoms. The van der Waals surface area contributed by atoms with Crippen LogP contribution in [0, 0.1) is 0 Å². The molecule has 0 saturated heterocycles. The van der Waals surface area contributed by atoms with Crippen LogP contribution in [0.15, 0.2) is 60.7 Å². The van der Waals surface area contributed by atoms with Gasteiger partial charge in [0.25, 0.3) is 0 Å². The fraction of sp³-hybridized carbons (Fsp3) is 0. The summed E-state index contributed by atoms with van der Waals surface area (Å²) in [5.74, 6) is 0. The number of anilines is 4. The molecular formula is C20H18N4. The fourth-order valence-electron chi connectivity index (χ4n) is 3.37. The average Bonchev–Trinajstić information content (AvgIpc) is 2.60. The number of benzene rings is 4. The zero-order valence-corrected chi connectivity index (χ0v) is 13.1. The van der Waals surface area contributed by atoms with Gasteiger partial charge in [0.1, 0.15) is 0 Å². The van der Waals surface area contributed by atoms with E-state index in [1.165, 1.54) is 0 Å². The number of rotatable bonds is 1. The average molecular weight is 314 g/mol. The molecule has 8 N–H and O–H groups in total. The van der Waals surface area contributed by atoms with Crippen LogP contribution in [0.4, 0.5) is 22.7 Å². The molecule has 0 fully saturated rings. The van der Waals surface area contributed by atoms with Crippen molar-refractivity contribution < 1.29 is 0 Å². The Kier molecular flexibility index (Phi) is 3.00. The molecule has 0 bridgehead atoms. The third-order valence-corrected chi connectivity index (χ3v) is 4.54. The van der Waals surface area contributed by atoms with Gasteiger partial charge >= 0.3 is 0 Å². The van der Waals surface area contributed by atoms with Crippen LogP contribution in [0.3, 0.4) is 0 Å². The maximum atomic E-state index is 6.38. The van der Waals surface area contributed by atoms with Crippen molar-refractivity contribution >= 4 is 44.3 Å². The molecule has 0 unspecified atom stereocenters. The highest BCUT2D eigenvalue weighted by Gasteiger charge is 2.18. The van der Waals surface area contributed by atoms with E-state index in [4.69, 9.17) is 22.9 Å². The molecular weight excluding hydrogens is 296 g/mol. The van der Waals surface area contributed by atoms with E-state index in [0.717, 1.165) is 32.7 Å². The maximum absolute atomic E-state index is 6.38. The summed E-state index contributed by atoms with van der Waals surface area (Å²) in [6, 6.07) is 20.0. The molecule has 0 heterocycles. The van der Waals surface area contributed by atoms with E-state index in [1.807, 2.05) is 42.5 Å². The Hall–Kier alpha value is -3.40. The van der Waals surface area contributed by atoms with Gasteiger partial charge in [0.05, 0.1) is 17.1 Å². The molecule has 0 saturated carbocycles. The molecule has 0 aromatic heterocycles. The molecule has 0 aliphatic heterocycles. The second-order valence-corrected chi connectivity index (χ2v) is 5.91. The highest BCUT2D eigenvalue weighted by atomic mass is 14.8. The Morgan fingerprint density at radius 1 is 0.542 bits per heavy atom. The minimum atomic E-state index is 0.378. The Morgan fingerprint density at radius 2 is 1.21 bits per heavy atom. The standard InChI is InChI=1S/C20H18N4/c21-15-10-4-9-14-16(18(22)20(24)19(23)17(14)15)13-8-3-6-11-5-1-2-7-12(11)13/h1-10H,21-24H2. The van der Waals surface area contributed by atoms with Gasteiger partial charge in [-0.15, -0.1) is 0 Å². The van der Waals surface area contributed by atoms with E-state index in [1.54, 1.807) is 0 Å². The number of nitrogen functional groups attached to an aromatic ring is 4. The van der Waals surface area contributed by atoms with E-state index >= 15 is 0 Å². The number of hydrogen-bond donors (Lipinski definition) is 4. The minimum absolute atomic E-state index is 0.378. The molecule has 4 nitrogen and oxygen atoms in total. The number of fused-ring (bicyclic) bond motifs is 2. The first-order valence-electron chi connectivity index (χ1n) is 7.72. The summed E-state index contributed by atoms with van der Waals surface area (Å²) < 4.78 is 0. The van der Waals surface area contributed by atoms with E-state index in [-0.39, 0.29) is 0 Å². The van der Waals surface area contributed by atoms with Crippen molar-refractivity contribution in [3.05, 3.63) is 60.7 Å². The smallest absolute Gasteiger partial charge is 0.0795 e. The molecule has 0 aliphatic carbocycles. The van der Waals surface area contributed by atoms with Crippen molar-refractivity contribution in [2.75, 3.05) is 22.9 Å². The van der Waals surface area contributed by atoms with Crippen LogP contribution in [0.5, 0.6) is 0 Å². The molecule has 0 aliphatic rings. The van der Waals surface area contributed by atoms with Gasteiger partial charge in [-0.25, -0.2) is 0 Å². The summed E-state index contributed by atoms with van der Waals surface area (Å²) in [7, 11) is 0. The van der Waals surface area contributed by atoms with E-state index in [2.05, 4.69) is 18.2 Å². The molecule has 24 heavy (non-hydrogen) atoms. The predicted octanol–water partition coefficient (Wildman–Crippen LogP) is 3.99. The van der Waals surface area contributed by atoms with Crippen LogP contribution >= 0.6 is 0 Å². The fourth-order valence-corrected chi connectivity index (χ4v) is 3.37. The number of nitrogens with two attached hydrogens (primary N) is 4. The third-order valence-electron chi connectivity index (χ3n) is 4.54. The summed E-state index contributed by atoms with van der Waals surface area (Å²) >= 11 is 0. The second kappa shape index (κ2) is 5.06. The van der Waals surface area contributed by atoms with Gasteiger partial charge in [-0.3, -0.25) is 0 Å². The zero-order valence-electron chi connectivity index (χ0n) is 13.1. The first-order chi connectivity index (χ1) is 11.6. The third kappa shape index (κ3) is 1.86. The Balaban J connectivity index is 2.24. The van der Waals surface area contributed by atoms with Crippen LogP contribution in [0.1, 0.15) is 0 Å². The van der Waals surface area contributed by atoms with Crippen LogP contribution in [0.25, 0.3) is 32.7 Å². The van der Waals surface area contributed by atoms with Crippen LogP contribution in [-0.2, 0) is 0 Å². The molecule has 0 radical (unpaired) electrons. The van der Waals surface area contributed by atoms with Crippen molar-refractivity contribution in [2.24, 2.45) is 0 Å². The predicted molar refractivity (Wildman–Crippen MR) is 105 cm³/mol. The molecule has 0 amide bonds. The Bertz CT molecular complexity index is 1090. The Labute approximate surface area is 139 Å². The van der Waals surface area contributed by atoms with E-state index < -0.39 is 0 Å².